The Morgan fingerprint density at radius 1 is 1.00 bits per heavy atom. The summed E-state index contributed by atoms with van der Waals surface area (Å²) < 4.78 is 0.748. The topological polar surface area (TPSA) is 50.7 Å². The van der Waals surface area contributed by atoms with Gasteiger partial charge in [0, 0.05) is 28.7 Å². The van der Waals surface area contributed by atoms with E-state index in [1.165, 1.54) is 0 Å². The highest BCUT2D eigenvalue weighted by Gasteiger charge is 2.06. The Morgan fingerprint density at radius 2 is 1.90 bits per heavy atom. The van der Waals surface area contributed by atoms with Crippen molar-refractivity contribution in [3.63, 3.8) is 0 Å². The van der Waals surface area contributed by atoms with Crippen molar-refractivity contribution < 1.29 is 0 Å². The van der Waals surface area contributed by atoms with Gasteiger partial charge in [0.2, 0.25) is 5.95 Å². The molecule has 0 aliphatic carbocycles. The summed E-state index contributed by atoms with van der Waals surface area (Å²) in [6, 6.07) is 13.1. The molecule has 0 amide bonds. The Labute approximate surface area is 135 Å². The molecule has 0 aliphatic heterocycles. The lowest BCUT2D eigenvalue weighted by atomic mass is 10.2. The first-order valence-electron chi connectivity index (χ1n) is 6.19. The fourth-order valence-corrected chi connectivity index (χ4v) is 2.49. The summed E-state index contributed by atoms with van der Waals surface area (Å²) in [5.74, 6) is 0.505. The van der Waals surface area contributed by atoms with Crippen LogP contribution in [0, 0.1) is 0 Å². The van der Waals surface area contributed by atoms with E-state index in [0.29, 0.717) is 11.0 Å². The second-order valence-corrected chi connectivity index (χ2v) is 5.43. The van der Waals surface area contributed by atoms with Crippen LogP contribution in [-0.4, -0.2) is 15.0 Å². The second-order valence-electron chi connectivity index (χ2n) is 4.24. The minimum Gasteiger partial charge on any atom is -0.324 e. The van der Waals surface area contributed by atoms with E-state index in [4.69, 9.17) is 11.6 Å². The van der Waals surface area contributed by atoms with Crippen LogP contribution in [0.2, 0.25) is 5.02 Å². The molecule has 0 aliphatic rings. The normalized spacial score (nSPS) is 10.4. The van der Waals surface area contributed by atoms with Gasteiger partial charge in [0.1, 0.15) is 4.60 Å². The Bertz CT molecular complexity index is 779. The van der Waals surface area contributed by atoms with Crippen LogP contribution < -0.4 is 5.32 Å². The van der Waals surface area contributed by atoms with E-state index in [9.17, 15) is 0 Å². The molecule has 1 aromatic carbocycles. The summed E-state index contributed by atoms with van der Waals surface area (Å²) in [5.41, 5.74) is 2.54. The zero-order valence-corrected chi connectivity index (χ0v) is 13.1. The molecular formula is C15H10BrClN4. The molecule has 21 heavy (non-hydrogen) atoms. The summed E-state index contributed by atoms with van der Waals surface area (Å²) in [4.78, 5) is 12.9. The molecule has 0 fully saturated rings. The van der Waals surface area contributed by atoms with Gasteiger partial charge in [0.05, 0.1) is 5.69 Å². The summed E-state index contributed by atoms with van der Waals surface area (Å²) in [6.45, 7) is 0. The van der Waals surface area contributed by atoms with Crippen LogP contribution in [0.25, 0.3) is 11.3 Å². The highest BCUT2D eigenvalue weighted by atomic mass is 79.9. The van der Waals surface area contributed by atoms with Crippen molar-refractivity contribution in [1.82, 2.24) is 15.0 Å². The molecule has 0 atom stereocenters. The average Bonchev–Trinajstić information content (AvgIpc) is 2.48. The van der Waals surface area contributed by atoms with Gasteiger partial charge in [-0.25, -0.2) is 15.0 Å². The van der Waals surface area contributed by atoms with Gasteiger partial charge in [-0.15, -0.1) is 0 Å². The van der Waals surface area contributed by atoms with Gasteiger partial charge < -0.3 is 5.32 Å². The number of nitrogens with zero attached hydrogens (tertiary/aromatic N) is 3. The molecule has 0 saturated carbocycles. The smallest absolute Gasteiger partial charge is 0.227 e. The molecule has 2 heterocycles. The second kappa shape index (κ2) is 6.20. The van der Waals surface area contributed by atoms with E-state index >= 15 is 0 Å². The molecule has 104 valence electrons. The Hall–Kier alpha value is -1.98. The maximum Gasteiger partial charge on any atom is 0.227 e. The number of benzene rings is 1. The van der Waals surface area contributed by atoms with Crippen LogP contribution in [0.1, 0.15) is 0 Å². The first-order valence-corrected chi connectivity index (χ1v) is 7.36. The molecule has 4 nitrogen and oxygen atoms in total. The molecule has 0 radical (unpaired) electrons. The van der Waals surface area contributed by atoms with Crippen LogP contribution in [0.4, 0.5) is 11.6 Å². The largest absolute Gasteiger partial charge is 0.324 e. The third-order valence-electron chi connectivity index (χ3n) is 2.77. The van der Waals surface area contributed by atoms with E-state index in [1.807, 2.05) is 42.5 Å². The summed E-state index contributed by atoms with van der Waals surface area (Å²) in [6.07, 6.45) is 3.43. The molecule has 0 spiro atoms. The SMILES string of the molecule is Clc1cccc(Nc2nccc(-c3cccnc3Br)n2)c1. The number of hydrogen-bond donors (Lipinski definition) is 1. The number of pyridine rings is 1. The Kier molecular flexibility index (Phi) is 4.13. The van der Waals surface area contributed by atoms with Crippen molar-refractivity contribution in [2.75, 3.05) is 5.32 Å². The lowest BCUT2D eigenvalue weighted by Gasteiger charge is -2.07. The Balaban J connectivity index is 1.92. The van der Waals surface area contributed by atoms with Crippen molar-refractivity contribution in [1.29, 1.82) is 0 Å². The molecule has 0 saturated heterocycles. The molecular weight excluding hydrogens is 352 g/mol. The maximum absolute atomic E-state index is 5.96. The van der Waals surface area contributed by atoms with E-state index in [-0.39, 0.29) is 0 Å². The van der Waals surface area contributed by atoms with Crippen LogP contribution in [0.5, 0.6) is 0 Å². The third kappa shape index (κ3) is 3.37. The predicted octanol–water partition coefficient (Wildman–Crippen LogP) is 4.70. The molecule has 6 heteroatoms. The van der Waals surface area contributed by atoms with Crippen molar-refractivity contribution in [3.05, 3.63) is 64.5 Å². The number of rotatable bonds is 3. The van der Waals surface area contributed by atoms with Gasteiger partial charge in [-0.2, -0.15) is 0 Å². The number of anilines is 2. The van der Waals surface area contributed by atoms with Gasteiger partial charge in [0.15, 0.2) is 0 Å². The lowest BCUT2D eigenvalue weighted by Crippen LogP contribution is -1.98. The molecule has 3 aromatic rings. The van der Waals surface area contributed by atoms with Crippen LogP contribution in [0.3, 0.4) is 0 Å². The summed E-state index contributed by atoms with van der Waals surface area (Å²) >= 11 is 9.39. The summed E-state index contributed by atoms with van der Waals surface area (Å²) in [7, 11) is 0. The highest BCUT2D eigenvalue weighted by Crippen LogP contribution is 2.25. The zero-order chi connectivity index (χ0) is 14.7. The molecule has 3 rings (SSSR count). The fourth-order valence-electron chi connectivity index (χ4n) is 1.84. The number of halogens is 2. The van der Waals surface area contributed by atoms with Gasteiger partial charge in [0.25, 0.3) is 0 Å². The monoisotopic (exact) mass is 360 g/mol. The van der Waals surface area contributed by atoms with E-state index < -0.39 is 0 Å². The number of hydrogen-bond acceptors (Lipinski definition) is 4. The van der Waals surface area contributed by atoms with Crippen molar-refractivity contribution in [2.45, 2.75) is 0 Å². The van der Waals surface area contributed by atoms with Crippen LogP contribution >= 0.6 is 27.5 Å². The first-order chi connectivity index (χ1) is 10.2. The van der Waals surface area contributed by atoms with Gasteiger partial charge >= 0.3 is 0 Å². The van der Waals surface area contributed by atoms with E-state index in [2.05, 4.69) is 36.2 Å². The van der Waals surface area contributed by atoms with Crippen molar-refractivity contribution >= 4 is 39.2 Å². The highest BCUT2D eigenvalue weighted by molar-refractivity contribution is 9.10. The van der Waals surface area contributed by atoms with E-state index in [0.717, 1.165) is 21.5 Å². The van der Waals surface area contributed by atoms with Crippen LogP contribution in [0.15, 0.2) is 59.5 Å². The average molecular weight is 362 g/mol. The number of aromatic nitrogens is 3. The standard InChI is InChI=1S/C15H10BrClN4/c16-14-12(5-2-7-18-14)13-6-8-19-15(21-13)20-11-4-1-3-10(17)9-11/h1-9H,(H,19,20,21). The van der Waals surface area contributed by atoms with E-state index in [1.54, 1.807) is 12.4 Å². The third-order valence-corrected chi connectivity index (χ3v) is 3.64. The zero-order valence-electron chi connectivity index (χ0n) is 10.8. The summed E-state index contributed by atoms with van der Waals surface area (Å²) in [5, 5.41) is 3.79. The quantitative estimate of drug-likeness (QED) is 0.687. The number of nitrogens with one attached hydrogen (secondary N) is 1. The molecule has 2 aromatic heterocycles. The van der Waals surface area contributed by atoms with Gasteiger partial charge in [-0.3, -0.25) is 0 Å². The minimum absolute atomic E-state index is 0.505. The lowest BCUT2D eigenvalue weighted by molar-refractivity contribution is 1.16. The fraction of sp³-hybridized carbons (Fsp3) is 0. The predicted molar refractivity (Wildman–Crippen MR) is 87.7 cm³/mol. The minimum atomic E-state index is 0.505. The van der Waals surface area contributed by atoms with Crippen molar-refractivity contribution in [3.8, 4) is 11.3 Å². The van der Waals surface area contributed by atoms with Crippen molar-refractivity contribution in [2.24, 2.45) is 0 Å². The molecule has 1 N–H and O–H groups in total. The molecule has 0 bridgehead atoms. The van der Waals surface area contributed by atoms with Gasteiger partial charge in [-0.05, 0) is 52.3 Å². The van der Waals surface area contributed by atoms with Crippen LogP contribution in [-0.2, 0) is 0 Å². The molecule has 0 unspecified atom stereocenters. The Morgan fingerprint density at radius 3 is 2.71 bits per heavy atom. The maximum atomic E-state index is 5.96. The first kappa shape index (κ1) is 14.0. The van der Waals surface area contributed by atoms with Gasteiger partial charge in [-0.1, -0.05) is 17.7 Å².